The molecule has 0 saturated carbocycles. The van der Waals surface area contributed by atoms with E-state index in [2.05, 4.69) is 97.1 Å². The highest BCUT2D eigenvalue weighted by atomic mass is 32.1. The van der Waals surface area contributed by atoms with Crippen molar-refractivity contribution in [2.24, 2.45) is 0 Å². The molecule has 2 rings (SSSR count). The van der Waals surface area contributed by atoms with Gasteiger partial charge in [-0.3, -0.25) is 0 Å². The Morgan fingerprint density at radius 3 is 2.00 bits per heavy atom. The number of hydrogen-bond donors (Lipinski definition) is 1. The first-order valence-electron chi connectivity index (χ1n) is 6.74. The van der Waals surface area contributed by atoms with E-state index in [1.807, 2.05) is 0 Å². The quantitative estimate of drug-likeness (QED) is 0.655. The minimum atomic E-state index is 0.859. The molecule has 0 amide bonds. The summed E-state index contributed by atoms with van der Waals surface area (Å²) in [5.41, 5.74) is 3.63. The Morgan fingerprint density at radius 1 is 0.950 bits per heavy atom. The summed E-state index contributed by atoms with van der Waals surface area (Å²) in [6, 6.07) is 12.8. The third-order valence-corrected chi connectivity index (χ3v) is 3.35. The van der Waals surface area contributed by atoms with E-state index in [1.54, 1.807) is 0 Å². The molecule has 0 fully saturated rings. The SMILES string of the molecule is CN(C)c1ccc(C=Cc2cc[n+](CCS)cc2)cc1. The highest BCUT2D eigenvalue weighted by Crippen LogP contribution is 2.14. The molecule has 0 saturated heterocycles. The predicted molar refractivity (Wildman–Crippen MR) is 90.2 cm³/mol. The zero-order chi connectivity index (χ0) is 14.4. The topological polar surface area (TPSA) is 7.12 Å². The van der Waals surface area contributed by atoms with Crippen molar-refractivity contribution in [3.8, 4) is 0 Å². The van der Waals surface area contributed by atoms with Gasteiger partial charge in [0.15, 0.2) is 18.9 Å². The van der Waals surface area contributed by atoms with E-state index in [9.17, 15) is 0 Å². The molecule has 0 aliphatic heterocycles. The van der Waals surface area contributed by atoms with Gasteiger partial charge in [0.1, 0.15) is 0 Å². The smallest absolute Gasteiger partial charge is 0.169 e. The minimum Gasteiger partial charge on any atom is -0.378 e. The van der Waals surface area contributed by atoms with Gasteiger partial charge in [-0.2, -0.15) is 12.6 Å². The van der Waals surface area contributed by atoms with Crippen molar-refractivity contribution in [2.45, 2.75) is 6.54 Å². The first-order valence-corrected chi connectivity index (χ1v) is 7.38. The Labute approximate surface area is 126 Å². The van der Waals surface area contributed by atoms with Crippen LogP contribution >= 0.6 is 12.6 Å². The fourth-order valence-corrected chi connectivity index (χ4v) is 2.15. The summed E-state index contributed by atoms with van der Waals surface area (Å²) in [7, 11) is 4.10. The second kappa shape index (κ2) is 7.15. The van der Waals surface area contributed by atoms with E-state index in [-0.39, 0.29) is 0 Å². The van der Waals surface area contributed by atoms with Gasteiger partial charge in [-0.1, -0.05) is 24.3 Å². The molecule has 1 heterocycles. The van der Waals surface area contributed by atoms with Gasteiger partial charge in [-0.15, -0.1) is 0 Å². The molecular formula is C17H21N2S+. The van der Waals surface area contributed by atoms with E-state index in [0.717, 1.165) is 12.3 Å². The summed E-state index contributed by atoms with van der Waals surface area (Å²) in [4.78, 5) is 2.10. The van der Waals surface area contributed by atoms with Crippen molar-refractivity contribution in [3.63, 3.8) is 0 Å². The summed E-state index contributed by atoms with van der Waals surface area (Å²) < 4.78 is 2.14. The number of pyridine rings is 1. The van der Waals surface area contributed by atoms with Gasteiger partial charge < -0.3 is 4.90 Å². The molecule has 0 atom stereocenters. The van der Waals surface area contributed by atoms with Crippen LogP contribution in [0, 0.1) is 0 Å². The molecule has 0 radical (unpaired) electrons. The number of rotatable bonds is 5. The van der Waals surface area contributed by atoms with Crippen LogP contribution in [0.1, 0.15) is 11.1 Å². The normalized spacial score (nSPS) is 10.9. The minimum absolute atomic E-state index is 0.859. The predicted octanol–water partition coefficient (Wildman–Crippen LogP) is 3.14. The fourth-order valence-electron chi connectivity index (χ4n) is 1.92. The van der Waals surface area contributed by atoms with Crippen LogP contribution in [-0.2, 0) is 6.54 Å². The number of aryl methyl sites for hydroxylation is 1. The molecule has 1 aromatic heterocycles. The molecule has 0 aliphatic rings. The Kier molecular flexibility index (Phi) is 5.24. The van der Waals surface area contributed by atoms with Crippen molar-refractivity contribution in [3.05, 3.63) is 59.9 Å². The van der Waals surface area contributed by atoms with Gasteiger partial charge in [0.05, 0.1) is 0 Å². The average Bonchev–Trinajstić information content (AvgIpc) is 2.47. The fraction of sp³-hybridized carbons (Fsp3) is 0.235. The first kappa shape index (κ1) is 14.7. The summed E-state index contributed by atoms with van der Waals surface area (Å²) in [5.74, 6) is 0.859. The van der Waals surface area contributed by atoms with Crippen molar-refractivity contribution in [1.82, 2.24) is 0 Å². The van der Waals surface area contributed by atoms with Crippen molar-refractivity contribution >= 4 is 30.5 Å². The number of thiol groups is 1. The molecule has 0 aliphatic carbocycles. The Balaban J connectivity index is 2.04. The third-order valence-electron chi connectivity index (χ3n) is 3.15. The van der Waals surface area contributed by atoms with Crippen LogP contribution in [0.3, 0.4) is 0 Å². The van der Waals surface area contributed by atoms with E-state index in [0.29, 0.717) is 0 Å². The first-order chi connectivity index (χ1) is 9.69. The van der Waals surface area contributed by atoms with Crippen LogP contribution in [-0.4, -0.2) is 19.8 Å². The van der Waals surface area contributed by atoms with Crippen LogP contribution < -0.4 is 9.47 Å². The average molecular weight is 285 g/mol. The highest BCUT2D eigenvalue weighted by Gasteiger charge is 1.97. The Bertz CT molecular complexity index is 557. The zero-order valence-corrected chi connectivity index (χ0v) is 12.9. The highest BCUT2D eigenvalue weighted by molar-refractivity contribution is 7.80. The molecule has 0 spiro atoms. The monoisotopic (exact) mass is 285 g/mol. The van der Waals surface area contributed by atoms with E-state index in [1.165, 1.54) is 16.8 Å². The molecule has 1 aromatic carbocycles. The number of aromatic nitrogens is 1. The lowest BCUT2D eigenvalue weighted by Gasteiger charge is -2.11. The van der Waals surface area contributed by atoms with Crippen molar-refractivity contribution in [2.75, 3.05) is 24.7 Å². The van der Waals surface area contributed by atoms with Gasteiger partial charge in [0.2, 0.25) is 0 Å². The summed E-state index contributed by atoms with van der Waals surface area (Å²) in [6.45, 7) is 0.944. The summed E-state index contributed by atoms with van der Waals surface area (Å²) in [5, 5.41) is 0. The maximum absolute atomic E-state index is 4.23. The van der Waals surface area contributed by atoms with Crippen LogP contribution in [0.5, 0.6) is 0 Å². The molecule has 104 valence electrons. The number of anilines is 1. The second-order valence-corrected chi connectivity index (χ2v) is 5.36. The molecular weight excluding hydrogens is 264 g/mol. The lowest BCUT2D eigenvalue weighted by atomic mass is 10.1. The molecule has 0 bridgehead atoms. The molecule has 2 aromatic rings. The van der Waals surface area contributed by atoms with Crippen LogP contribution in [0.4, 0.5) is 5.69 Å². The maximum Gasteiger partial charge on any atom is 0.169 e. The molecule has 0 N–H and O–H groups in total. The lowest BCUT2D eigenvalue weighted by Crippen LogP contribution is -2.33. The maximum atomic E-state index is 4.23. The van der Waals surface area contributed by atoms with Gasteiger partial charge >= 0.3 is 0 Å². The standard InChI is InChI=1S/C17H20N2S/c1-18(2)17-7-5-15(6-8-17)3-4-16-9-11-19(12-10-16)13-14-20/h3-12H,13-14H2,1-2H3/p+1. The zero-order valence-electron chi connectivity index (χ0n) is 12.0. The summed E-state index contributed by atoms with van der Waals surface area (Å²) in [6.07, 6.45) is 8.45. The van der Waals surface area contributed by atoms with Crippen LogP contribution in [0.25, 0.3) is 12.2 Å². The third kappa shape index (κ3) is 4.14. The molecule has 20 heavy (non-hydrogen) atoms. The van der Waals surface area contributed by atoms with Crippen molar-refractivity contribution < 1.29 is 4.57 Å². The Morgan fingerprint density at radius 2 is 1.50 bits per heavy atom. The number of nitrogens with zero attached hydrogens (tertiary/aromatic N) is 2. The molecule has 3 heteroatoms. The van der Waals surface area contributed by atoms with Crippen LogP contribution in [0.2, 0.25) is 0 Å². The second-order valence-electron chi connectivity index (χ2n) is 4.91. The van der Waals surface area contributed by atoms with Gasteiger partial charge in [0.25, 0.3) is 0 Å². The van der Waals surface area contributed by atoms with Crippen LogP contribution in [0.15, 0.2) is 48.8 Å². The van der Waals surface area contributed by atoms with Gasteiger partial charge in [-0.25, -0.2) is 4.57 Å². The largest absolute Gasteiger partial charge is 0.378 e. The van der Waals surface area contributed by atoms with Crippen molar-refractivity contribution in [1.29, 1.82) is 0 Å². The number of benzene rings is 1. The number of hydrogen-bond acceptors (Lipinski definition) is 2. The van der Waals surface area contributed by atoms with E-state index >= 15 is 0 Å². The molecule has 2 nitrogen and oxygen atoms in total. The lowest BCUT2D eigenvalue weighted by molar-refractivity contribution is -0.692. The molecule has 0 unspecified atom stereocenters. The Hall–Kier alpha value is -1.74. The van der Waals surface area contributed by atoms with E-state index in [4.69, 9.17) is 0 Å². The van der Waals surface area contributed by atoms with Gasteiger partial charge in [-0.05, 0) is 23.3 Å². The van der Waals surface area contributed by atoms with Gasteiger partial charge in [0, 0.05) is 37.7 Å². The van der Waals surface area contributed by atoms with E-state index < -0.39 is 0 Å². The summed E-state index contributed by atoms with van der Waals surface area (Å²) >= 11 is 4.23.